The second-order valence-corrected chi connectivity index (χ2v) is 3.05. The summed E-state index contributed by atoms with van der Waals surface area (Å²) in [5, 5.41) is 0. The lowest BCUT2D eigenvalue weighted by molar-refractivity contribution is 1.34. The predicted molar refractivity (Wildman–Crippen MR) is 62.7 cm³/mol. The fraction of sp³-hybridized carbons (Fsp3) is 0.111. The standard InChI is InChI=1S/C9H14N6/c1-5-2-3-6(10)4-7(5)14-9(13)15-8(11)12/h2-4H,10H2,1H3,(H6,11,12,13,14,15). The van der Waals surface area contributed by atoms with Crippen LogP contribution in [0.25, 0.3) is 0 Å². The summed E-state index contributed by atoms with van der Waals surface area (Å²) in [4.78, 5) is 7.63. The summed E-state index contributed by atoms with van der Waals surface area (Å²) in [6, 6.07) is 5.33. The number of nitrogens with zero attached hydrogens (tertiary/aromatic N) is 2. The Labute approximate surface area is 87.7 Å². The van der Waals surface area contributed by atoms with Gasteiger partial charge >= 0.3 is 0 Å². The van der Waals surface area contributed by atoms with E-state index in [1.165, 1.54) is 0 Å². The summed E-state index contributed by atoms with van der Waals surface area (Å²) in [6.07, 6.45) is 0. The van der Waals surface area contributed by atoms with Gasteiger partial charge in [-0.05, 0) is 24.6 Å². The van der Waals surface area contributed by atoms with Gasteiger partial charge in [0.1, 0.15) is 0 Å². The molecule has 1 aromatic rings. The van der Waals surface area contributed by atoms with Crippen molar-refractivity contribution < 1.29 is 0 Å². The molecule has 0 saturated carbocycles. The maximum atomic E-state index is 5.61. The maximum Gasteiger partial charge on any atom is 0.223 e. The van der Waals surface area contributed by atoms with Gasteiger partial charge < -0.3 is 22.9 Å². The van der Waals surface area contributed by atoms with Crippen LogP contribution in [-0.2, 0) is 0 Å². The third kappa shape index (κ3) is 3.18. The molecule has 0 spiro atoms. The van der Waals surface area contributed by atoms with Crippen LogP contribution in [0.15, 0.2) is 28.2 Å². The summed E-state index contributed by atoms with van der Waals surface area (Å²) in [7, 11) is 0. The van der Waals surface area contributed by atoms with Crippen LogP contribution in [0, 0.1) is 6.92 Å². The van der Waals surface area contributed by atoms with Crippen LogP contribution in [0.4, 0.5) is 11.4 Å². The molecule has 0 fully saturated rings. The van der Waals surface area contributed by atoms with Crippen LogP contribution in [-0.4, -0.2) is 11.9 Å². The first kappa shape index (κ1) is 10.8. The Balaban J connectivity index is 3.07. The Kier molecular flexibility index (Phi) is 3.12. The molecule has 6 heteroatoms. The number of aryl methyl sites for hydroxylation is 1. The van der Waals surface area contributed by atoms with E-state index in [0.29, 0.717) is 11.4 Å². The lowest BCUT2D eigenvalue weighted by Gasteiger charge is -2.01. The van der Waals surface area contributed by atoms with Crippen LogP contribution >= 0.6 is 0 Å². The summed E-state index contributed by atoms with van der Waals surface area (Å²) in [5.41, 5.74) is 23.6. The van der Waals surface area contributed by atoms with Crippen LogP contribution in [0.2, 0.25) is 0 Å². The molecular weight excluding hydrogens is 192 g/mol. The van der Waals surface area contributed by atoms with Gasteiger partial charge in [0.2, 0.25) is 5.96 Å². The van der Waals surface area contributed by atoms with Crippen molar-refractivity contribution in [3.8, 4) is 0 Å². The number of rotatable bonds is 1. The van der Waals surface area contributed by atoms with Crippen molar-refractivity contribution in [2.75, 3.05) is 5.73 Å². The smallest absolute Gasteiger partial charge is 0.223 e. The van der Waals surface area contributed by atoms with Crippen molar-refractivity contribution in [3.05, 3.63) is 23.8 Å². The second-order valence-electron chi connectivity index (χ2n) is 3.05. The summed E-state index contributed by atoms with van der Waals surface area (Å²) in [5.74, 6) is -0.124. The van der Waals surface area contributed by atoms with Crippen molar-refractivity contribution in [1.82, 2.24) is 0 Å². The van der Waals surface area contributed by atoms with Crippen molar-refractivity contribution in [3.63, 3.8) is 0 Å². The zero-order valence-corrected chi connectivity index (χ0v) is 8.44. The Morgan fingerprint density at radius 2 is 1.87 bits per heavy atom. The number of hydrogen-bond acceptors (Lipinski definition) is 2. The summed E-state index contributed by atoms with van der Waals surface area (Å²) < 4.78 is 0. The lowest BCUT2D eigenvalue weighted by Crippen LogP contribution is -2.26. The van der Waals surface area contributed by atoms with E-state index in [4.69, 9.17) is 22.9 Å². The number of aliphatic imine (C=N–C) groups is 2. The van der Waals surface area contributed by atoms with Crippen LogP contribution < -0.4 is 22.9 Å². The number of hydrogen-bond donors (Lipinski definition) is 4. The SMILES string of the molecule is Cc1ccc(N)cc1N=C(N)N=C(N)N. The number of nitrogen functional groups attached to an aromatic ring is 1. The quantitative estimate of drug-likeness (QED) is 0.288. The third-order valence-corrected chi connectivity index (χ3v) is 1.71. The average Bonchev–Trinajstić information content (AvgIpc) is 2.10. The van der Waals surface area contributed by atoms with Crippen LogP contribution in [0.5, 0.6) is 0 Å². The van der Waals surface area contributed by atoms with Gasteiger partial charge in [0.05, 0.1) is 5.69 Å². The van der Waals surface area contributed by atoms with Crippen LogP contribution in [0.1, 0.15) is 5.56 Å². The highest BCUT2D eigenvalue weighted by atomic mass is 15.1. The minimum atomic E-state index is -0.127. The molecule has 15 heavy (non-hydrogen) atoms. The minimum absolute atomic E-state index is 0.00343. The van der Waals surface area contributed by atoms with Gasteiger partial charge in [-0.2, -0.15) is 4.99 Å². The highest BCUT2D eigenvalue weighted by molar-refractivity contribution is 5.93. The molecule has 6 nitrogen and oxygen atoms in total. The average molecular weight is 206 g/mol. The van der Waals surface area contributed by atoms with E-state index < -0.39 is 0 Å². The first-order valence-corrected chi connectivity index (χ1v) is 4.29. The van der Waals surface area contributed by atoms with Gasteiger partial charge in [-0.3, -0.25) is 0 Å². The van der Waals surface area contributed by atoms with Gasteiger partial charge in [-0.15, -0.1) is 0 Å². The van der Waals surface area contributed by atoms with E-state index in [2.05, 4.69) is 9.98 Å². The molecule has 0 aliphatic rings. The van der Waals surface area contributed by atoms with Crippen molar-refractivity contribution >= 4 is 23.3 Å². The van der Waals surface area contributed by atoms with E-state index in [1.54, 1.807) is 12.1 Å². The molecule has 0 aliphatic heterocycles. The highest BCUT2D eigenvalue weighted by Gasteiger charge is 1.98. The van der Waals surface area contributed by atoms with Crippen molar-refractivity contribution in [2.45, 2.75) is 6.92 Å². The summed E-state index contributed by atoms with van der Waals surface area (Å²) >= 11 is 0. The number of benzene rings is 1. The molecule has 1 aromatic carbocycles. The second kappa shape index (κ2) is 4.32. The zero-order chi connectivity index (χ0) is 11.4. The van der Waals surface area contributed by atoms with Gasteiger partial charge in [-0.1, -0.05) is 6.07 Å². The highest BCUT2D eigenvalue weighted by Crippen LogP contribution is 2.21. The van der Waals surface area contributed by atoms with Crippen molar-refractivity contribution in [2.24, 2.45) is 27.2 Å². The molecule has 0 radical (unpaired) electrons. The van der Waals surface area contributed by atoms with Crippen LogP contribution in [0.3, 0.4) is 0 Å². The molecule has 0 heterocycles. The van der Waals surface area contributed by atoms with E-state index >= 15 is 0 Å². The van der Waals surface area contributed by atoms with Crippen molar-refractivity contribution in [1.29, 1.82) is 0 Å². The molecule has 0 aromatic heterocycles. The fourth-order valence-corrected chi connectivity index (χ4v) is 1.03. The van der Waals surface area contributed by atoms with E-state index in [0.717, 1.165) is 5.56 Å². The van der Waals surface area contributed by atoms with Gasteiger partial charge in [-0.25, -0.2) is 4.99 Å². The first-order chi connectivity index (χ1) is 6.99. The molecular formula is C9H14N6. The summed E-state index contributed by atoms with van der Waals surface area (Å²) in [6.45, 7) is 1.89. The Hall–Kier alpha value is -2.24. The largest absolute Gasteiger partial charge is 0.399 e. The first-order valence-electron chi connectivity index (χ1n) is 4.29. The Bertz CT molecular complexity index is 417. The molecule has 0 unspecified atom stereocenters. The third-order valence-electron chi connectivity index (χ3n) is 1.71. The molecule has 80 valence electrons. The van der Waals surface area contributed by atoms with Gasteiger partial charge in [0.25, 0.3) is 0 Å². The van der Waals surface area contributed by atoms with E-state index in [1.807, 2.05) is 13.0 Å². The zero-order valence-electron chi connectivity index (χ0n) is 8.44. The monoisotopic (exact) mass is 206 g/mol. The molecule has 8 N–H and O–H groups in total. The number of nitrogens with two attached hydrogens (primary N) is 4. The molecule has 1 rings (SSSR count). The fourth-order valence-electron chi connectivity index (χ4n) is 1.03. The Morgan fingerprint density at radius 3 is 2.47 bits per heavy atom. The van der Waals surface area contributed by atoms with E-state index in [-0.39, 0.29) is 11.9 Å². The predicted octanol–water partition coefficient (Wildman–Crippen LogP) is -0.203. The lowest BCUT2D eigenvalue weighted by atomic mass is 10.2. The van der Waals surface area contributed by atoms with E-state index in [9.17, 15) is 0 Å². The molecule has 0 saturated heterocycles. The molecule has 0 aliphatic carbocycles. The van der Waals surface area contributed by atoms with Gasteiger partial charge in [0, 0.05) is 5.69 Å². The molecule has 0 amide bonds. The normalized spacial score (nSPS) is 11.1. The Morgan fingerprint density at radius 1 is 1.20 bits per heavy atom. The van der Waals surface area contributed by atoms with Gasteiger partial charge in [0.15, 0.2) is 5.96 Å². The maximum absolute atomic E-state index is 5.61. The topological polar surface area (TPSA) is 129 Å². The molecule has 0 bridgehead atoms. The minimum Gasteiger partial charge on any atom is -0.399 e. The number of guanidine groups is 2. The molecule has 0 atom stereocenters. The number of anilines is 1.